The molecule has 0 aromatic heterocycles. The Kier molecular flexibility index (Phi) is 9.40. The van der Waals surface area contributed by atoms with Crippen LogP contribution in [-0.4, -0.2) is 41.1 Å². The van der Waals surface area contributed by atoms with Gasteiger partial charge in [0.2, 0.25) is 0 Å². The van der Waals surface area contributed by atoms with Crippen LogP contribution in [0.3, 0.4) is 0 Å². The highest BCUT2D eigenvalue weighted by Gasteiger charge is 2.20. The second-order valence-corrected chi connectivity index (χ2v) is 9.03. The van der Waals surface area contributed by atoms with Gasteiger partial charge in [0.1, 0.15) is 0 Å². The molecule has 0 fully saturated rings. The lowest BCUT2D eigenvalue weighted by atomic mass is 10.3. The molecule has 0 aliphatic heterocycles. The van der Waals surface area contributed by atoms with Crippen LogP contribution in [-0.2, 0) is 14.0 Å². The van der Waals surface area contributed by atoms with Crippen molar-refractivity contribution in [2.24, 2.45) is 0 Å². The van der Waals surface area contributed by atoms with Crippen molar-refractivity contribution in [1.29, 1.82) is 0 Å². The summed E-state index contributed by atoms with van der Waals surface area (Å²) in [4.78, 5) is 10.8. The maximum Gasteiger partial charge on any atom is 0.306 e. The van der Waals surface area contributed by atoms with Crippen LogP contribution in [0.2, 0.25) is 19.1 Å². The summed E-state index contributed by atoms with van der Waals surface area (Å²) >= 11 is 0. The van der Waals surface area contributed by atoms with Gasteiger partial charge in [-0.2, -0.15) is 0 Å². The van der Waals surface area contributed by atoms with Crippen molar-refractivity contribution < 1.29 is 14.0 Å². The molecule has 0 saturated carbocycles. The van der Waals surface area contributed by atoms with Gasteiger partial charge in [-0.25, -0.2) is 0 Å². The van der Waals surface area contributed by atoms with Crippen LogP contribution in [0, 0.1) is 0 Å². The van der Waals surface area contributed by atoms with Gasteiger partial charge in [-0.3, -0.25) is 4.79 Å². The van der Waals surface area contributed by atoms with Crippen molar-refractivity contribution in [3.05, 3.63) is 0 Å². The Balaban J connectivity index is 3.32. The molecule has 5 heteroatoms. The zero-order valence-electron chi connectivity index (χ0n) is 11.7. The van der Waals surface area contributed by atoms with Gasteiger partial charge in [0.05, 0.1) is 13.5 Å². The largest absolute Gasteiger partial charge is 0.469 e. The van der Waals surface area contributed by atoms with Gasteiger partial charge in [0.15, 0.2) is 8.32 Å². The number of nitrogens with one attached hydrogen (secondary N) is 1. The molecule has 0 spiro atoms. The average Bonchev–Trinajstić information content (AvgIpc) is 2.27. The summed E-state index contributed by atoms with van der Waals surface area (Å²) in [6.45, 7) is 9.09. The fourth-order valence-electron chi connectivity index (χ4n) is 1.68. The lowest BCUT2D eigenvalue weighted by molar-refractivity contribution is -0.140. The van der Waals surface area contributed by atoms with Crippen molar-refractivity contribution >= 4 is 14.3 Å². The van der Waals surface area contributed by atoms with E-state index in [4.69, 9.17) is 4.43 Å². The third kappa shape index (κ3) is 10.5. The highest BCUT2D eigenvalue weighted by atomic mass is 28.4. The first kappa shape index (κ1) is 16.6. The van der Waals surface area contributed by atoms with E-state index in [1.807, 2.05) is 0 Å². The van der Waals surface area contributed by atoms with E-state index in [0.717, 1.165) is 19.6 Å². The van der Waals surface area contributed by atoms with Crippen molar-refractivity contribution in [3.63, 3.8) is 0 Å². The minimum Gasteiger partial charge on any atom is -0.469 e. The molecule has 0 aromatic rings. The van der Waals surface area contributed by atoms with Crippen LogP contribution in [0.5, 0.6) is 0 Å². The topological polar surface area (TPSA) is 47.6 Å². The number of ether oxygens (including phenoxy) is 1. The second-order valence-electron chi connectivity index (χ2n) is 4.73. The Morgan fingerprint density at radius 2 is 1.94 bits per heavy atom. The summed E-state index contributed by atoms with van der Waals surface area (Å²) < 4.78 is 10.3. The molecular formula is C12H27NO3Si. The van der Waals surface area contributed by atoms with Crippen LogP contribution < -0.4 is 5.32 Å². The van der Waals surface area contributed by atoms with E-state index in [0.29, 0.717) is 13.0 Å². The first-order valence-corrected chi connectivity index (χ1v) is 9.55. The number of methoxy groups -OCH3 is 1. The summed E-state index contributed by atoms with van der Waals surface area (Å²) in [5, 5.41) is 3.24. The molecule has 0 amide bonds. The minimum atomic E-state index is -1.40. The van der Waals surface area contributed by atoms with E-state index in [2.05, 4.69) is 30.1 Å². The van der Waals surface area contributed by atoms with Crippen molar-refractivity contribution in [2.45, 2.75) is 45.3 Å². The van der Waals surface area contributed by atoms with Crippen LogP contribution in [0.4, 0.5) is 0 Å². The van der Waals surface area contributed by atoms with Gasteiger partial charge in [-0.05, 0) is 39.0 Å². The summed E-state index contributed by atoms with van der Waals surface area (Å²) in [5.41, 5.74) is 0. The normalized spacial score (nSPS) is 11.5. The van der Waals surface area contributed by atoms with Crippen LogP contribution in [0.15, 0.2) is 0 Å². The monoisotopic (exact) mass is 261 g/mol. The Morgan fingerprint density at radius 3 is 2.53 bits per heavy atom. The molecule has 0 heterocycles. The minimum absolute atomic E-state index is 0.151. The number of carbonyl (C=O) groups excluding carboxylic acids is 1. The number of hydrogen-bond donors (Lipinski definition) is 1. The van der Waals surface area contributed by atoms with Gasteiger partial charge in [0.25, 0.3) is 0 Å². The van der Waals surface area contributed by atoms with Crippen LogP contribution in [0.1, 0.15) is 26.2 Å². The molecule has 4 nitrogen and oxygen atoms in total. The highest BCUT2D eigenvalue weighted by Crippen LogP contribution is 2.14. The molecule has 17 heavy (non-hydrogen) atoms. The molecule has 102 valence electrons. The fraction of sp³-hybridized carbons (Fsp3) is 0.917. The van der Waals surface area contributed by atoms with Crippen molar-refractivity contribution in [1.82, 2.24) is 5.32 Å². The van der Waals surface area contributed by atoms with E-state index < -0.39 is 8.32 Å². The van der Waals surface area contributed by atoms with E-state index in [1.165, 1.54) is 19.6 Å². The zero-order valence-corrected chi connectivity index (χ0v) is 12.7. The molecule has 0 saturated heterocycles. The molecule has 0 atom stereocenters. The van der Waals surface area contributed by atoms with Crippen LogP contribution in [0.25, 0.3) is 0 Å². The maximum absolute atomic E-state index is 10.8. The van der Waals surface area contributed by atoms with Gasteiger partial charge >= 0.3 is 5.97 Å². The average molecular weight is 261 g/mol. The van der Waals surface area contributed by atoms with Gasteiger partial charge in [-0.15, -0.1) is 0 Å². The van der Waals surface area contributed by atoms with Crippen LogP contribution >= 0.6 is 0 Å². The first-order chi connectivity index (χ1) is 8.02. The summed E-state index contributed by atoms with van der Waals surface area (Å²) in [6, 6.07) is 1.21. The second kappa shape index (κ2) is 9.62. The third-order valence-corrected chi connectivity index (χ3v) is 5.28. The van der Waals surface area contributed by atoms with Gasteiger partial charge < -0.3 is 14.5 Å². The van der Waals surface area contributed by atoms with E-state index in [1.54, 1.807) is 0 Å². The standard InChI is InChI=1S/C12H27NO3Si/c1-5-16-17(3,4)11-7-6-9-13-10-8-12(14)15-2/h13H,5-11H2,1-4H3. The Labute approximate surface area is 106 Å². The molecule has 0 radical (unpaired) electrons. The summed E-state index contributed by atoms with van der Waals surface area (Å²) in [7, 11) is 0.0220. The predicted octanol–water partition coefficient (Wildman–Crippen LogP) is 2.16. The molecule has 0 aliphatic rings. The molecule has 0 rings (SSSR count). The van der Waals surface area contributed by atoms with Crippen molar-refractivity contribution in [3.8, 4) is 0 Å². The number of rotatable bonds is 10. The van der Waals surface area contributed by atoms with Crippen molar-refractivity contribution in [2.75, 3.05) is 26.8 Å². The number of carbonyl (C=O) groups is 1. The number of esters is 1. The SMILES string of the molecule is CCO[Si](C)(C)CCCCNCCC(=O)OC. The quantitative estimate of drug-likeness (QED) is 0.372. The van der Waals surface area contributed by atoms with E-state index in [-0.39, 0.29) is 5.97 Å². The Bertz CT molecular complexity index is 210. The Morgan fingerprint density at radius 1 is 1.24 bits per heavy atom. The Hall–Kier alpha value is -0.393. The lowest BCUT2D eigenvalue weighted by Gasteiger charge is -2.21. The zero-order chi connectivity index (χ0) is 13.1. The molecule has 1 N–H and O–H groups in total. The molecule has 0 bridgehead atoms. The van der Waals surface area contributed by atoms with Gasteiger partial charge in [-0.1, -0.05) is 6.42 Å². The smallest absolute Gasteiger partial charge is 0.306 e. The van der Waals surface area contributed by atoms with Gasteiger partial charge in [0, 0.05) is 13.2 Å². The summed E-state index contributed by atoms with van der Waals surface area (Å²) in [6.07, 6.45) is 2.80. The molecular weight excluding hydrogens is 234 g/mol. The third-order valence-electron chi connectivity index (χ3n) is 2.65. The highest BCUT2D eigenvalue weighted by molar-refractivity contribution is 6.71. The lowest BCUT2D eigenvalue weighted by Crippen LogP contribution is -2.30. The fourth-order valence-corrected chi connectivity index (χ4v) is 3.71. The first-order valence-electron chi connectivity index (χ1n) is 6.43. The number of unbranched alkanes of at least 4 members (excludes halogenated alkanes) is 1. The predicted molar refractivity (Wildman–Crippen MR) is 72.7 cm³/mol. The maximum atomic E-state index is 10.8. The molecule has 0 aromatic carbocycles. The van der Waals surface area contributed by atoms with E-state index >= 15 is 0 Å². The van der Waals surface area contributed by atoms with E-state index in [9.17, 15) is 4.79 Å². The summed E-state index contributed by atoms with van der Waals surface area (Å²) in [5.74, 6) is -0.151. The molecule has 0 aliphatic carbocycles. The number of hydrogen-bond acceptors (Lipinski definition) is 4. The molecule has 0 unspecified atom stereocenters.